The van der Waals surface area contributed by atoms with Crippen LogP contribution in [-0.4, -0.2) is 56.1 Å². The van der Waals surface area contributed by atoms with Crippen LogP contribution in [0.25, 0.3) is 11.1 Å². The first kappa shape index (κ1) is 31.9. The molecular formula is C31H36N3O8P. The van der Waals surface area contributed by atoms with Crippen molar-refractivity contribution in [2.75, 3.05) is 6.54 Å². The molecule has 3 aromatic rings. The fourth-order valence-corrected chi connectivity index (χ4v) is 5.55. The predicted molar refractivity (Wildman–Crippen MR) is 159 cm³/mol. The third kappa shape index (κ3) is 9.23. The van der Waals surface area contributed by atoms with E-state index in [-0.39, 0.29) is 23.6 Å². The molecule has 1 aliphatic heterocycles. The minimum absolute atomic E-state index is 0.00694. The average Bonchev–Trinajstić information content (AvgIpc) is 3.14. The number of nitrogens with one attached hydrogen (secondary N) is 2. The minimum atomic E-state index is -4.85. The zero-order valence-corrected chi connectivity index (χ0v) is 24.7. The van der Waals surface area contributed by atoms with Crippen molar-refractivity contribution in [1.29, 1.82) is 0 Å². The van der Waals surface area contributed by atoms with Crippen LogP contribution in [-0.2, 0) is 38.5 Å². The van der Waals surface area contributed by atoms with E-state index < -0.39 is 38.3 Å². The number of carbonyl (C=O) groups excluding carboxylic acids is 3. The van der Waals surface area contributed by atoms with Crippen LogP contribution in [0.15, 0.2) is 72.8 Å². The van der Waals surface area contributed by atoms with Gasteiger partial charge in [0.25, 0.3) is 0 Å². The summed E-state index contributed by atoms with van der Waals surface area (Å²) in [7, 11) is -4.85. The Morgan fingerprint density at radius 2 is 1.67 bits per heavy atom. The summed E-state index contributed by atoms with van der Waals surface area (Å²) in [5, 5.41) is 15.1. The Morgan fingerprint density at radius 1 is 1.00 bits per heavy atom. The molecule has 1 fully saturated rings. The third-order valence-corrected chi connectivity index (χ3v) is 7.61. The van der Waals surface area contributed by atoms with Crippen molar-refractivity contribution < 1.29 is 38.4 Å². The van der Waals surface area contributed by atoms with Crippen LogP contribution >= 0.6 is 7.82 Å². The summed E-state index contributed by atoms with van der Waals surface area (Å²) in [5.74, 6) is -1.37. The zero-order chi connectivity index (χ0) is 31.0. The maximum atomic E-state index is 13.5. The number of aliphatic hydroxyl groups excluding tert-OH is 1. The van der Waals surface area contributed by atoms with Gasteiger partial charge in [-0.25, -0.2) is 4.57 Å². The van der Waals surface area contributed by atoms with Gasteiger partial charge in [0.1, 0.15) is 17.8 Å². The number of aliphatic hydroxyl groups is 1. The second kappa shape index (κ2) is 14.4. The fourth-order valence-electron chi connectivity index (χ4n) is 5.11. The van der Waals surface area contributed by atoms with Crippen LogP contribution in [0, 0.1) is 0 Å². The third-order valence-electron chi connectivity index (χ3n) is 7.18. The number of carbonyl (C=O) groups is 3. The largest absolute Gasteiger partial charge is 0.524 e. The molecule has 1 saturated heterocycles. The Bertz CT molecular complexity index is 1480. The van der Waals surface area contributed by atoms with Gasteiger partial charge in [-0.2, -0.15) is 0 Å². The summed E-state index contributed by atoms with van der Waals surface area (Å²) in [6.45, 7) is 1.68. The van der Waals surface area contributed by atoms with Crippen LogP contribution in [0.5, 0.6) is 5.75 Å². The van der Waals surface area contributed by atoms with Crippen LogP contribution in [0.3, 0.4) is 0 Å². The summed E-state index contributed by atoms with van der Waals surface area (Å²) >= 11 is 0. The lowest BCUT2D eigenvalue weighted by Gasteiger charge is -2.27. The molecule has 0 aromatic heterocycles. The Kier molecular flexibility index (Phi) is 10.7. The van der Waals surface area contributed by atoms with Gasteiger partial charge < -0.3 is 25.2 Å². The van der Waals surface area contributed by atoms with Crippen molar-refractivity contribution in [2.45, 2.75) is 57.8 Å². The quantitative estimate of drug-likeness (QED) is 0.207. The maximum Gasteiger partial charge on any atom is 0.524 e. The number of phosphoric acid groups is 1. The molecule has 1 aliphatic rings. The van der Waals surface area contributed by atoms with E-state index in [1.165, 1.54) is 25.1 Å². The summed E-state index contributed by atoms with van der Waals surface area (Å²) < 4.78 is 15.8. The molecule has 0 radical (unpaired) electrons. The van der Waals surface area contributed by atoms with Crippen LogP contribution in [0.2, 0.25) is 0 Å². The number of likely N-dealkylation sites (tertiary alicyclic amines) is 1. The van der Waals surface area contributed by atoms with E-state index in [4.69, 9.17) is 9.79 Å². The first-order valence-corrected chi connectivity index (χ1v) is 15.5. The second-order valence-corrected chi connectivity index (χ2v) is 11.7. The van der Waals surface area contributed by atoms with Crippen molar-refractivity contribution >= 4 is 25.5 Å². The van der Waals surface area contributed by atoms with Crippen molar-refractivity contribution in [3.05, 3.63) is 89.5 Å². The van der Waals surface area contributed by atoms with E-state index in [0.717, 1.165) is 29.5 Å². The Balaban J connectivity index is 1.44. The minimum Gasteiger partial charge on any atom is -0.404 e. The molecule has 0 aliphatic carbocycles. The van der Waals surface area contributed by atoms with Gasteiger partial charge in [0.05, 0.1) is 6.61 Å². The molecule has 43 heavy (non-hydrogen) atoms. The second-order valence-electron chi connectivity index (χ2n) is 10.5. The predicted octanol–water partition coefficient (Wildman–Crippen LogP) is 3.06. The van der Waals surface area contributed by atoms with E-state index >= 15 is 0 Å². The van der Waals surface area contributed by atoms with E-state index in [9.17, 15) is 24.1 Å². The average molecular weight is 610 g/mol. The van der Waals surface area contributed by atoms with E-state index in [2.05, 4.69) is 15.2 Å². The van der Waals surface area contributed by atoms with E-state index in [1.54, 1.807) is 4.90 Å². The van der Waals surface area contributed by atoms with Gasteiger partial charge in [0.15, 0.2) is 0 Å². The summed E-state index contributed by atoms with van der Waals surface area (Å²) in [6, 6.07) is 20.5. The smallest absolute Gasteiger partial charge is 0.404 e. The van der Waals surface area contributed by atoms with Gasteiger partial charge in [-0.05, 0) is 53.6 Å². The molecule has 5 N–H and O–H groups in total. The van der Waals surface area contributed by atoms with E-state index in [0.29, 0.717) is 25.1 Å². The standard InChI is InChI=1S/C31H36N3O8P/c1-21(36)32-28(18-23-12-15-29(26(17-23)20-35)42-43(39,40)41)30(37)33-27-9-5-6-16-34(31(27)38)19-22-10-13-25(14-11-22)24-7-3-2-4-8-24/h2-4,7-8,10-15,17,27-28,35H,5-6,9,16,18-20H2,1H3,(H,32,36)(H,33,37)(H2,39,40,41)/t27-,28-/m0/s1. The molecule has 11 nitrogen and oxygen atoms in total. The first-order chi connectivity index (χ1) is 20.5. The number of hydrogen-bond donors (Lipinski definition) is 5. The molecule has 4 rings (SSSR count). The molecule has 3 amide bonds. The summed E-state index contributed by atoms with van der Waals surface area (Å²) in [4.78, 5) is 58.8. The Labute approximate surface area is 250 Å². The molecule has 2 atom stereocenters. The molecule has 1 heterocycles. The number of amides is 3. The van der Waals surface area contributed by atoms with Gasteiger partial charge >= 0.3 is 7.82 Å². The van der Waals surface area contributed by atoms with Gasteiger partial charge in [0, 0.05) is 32.0 Å². The van der Waals surface area contributed by atoms with Crippen molar-refractivity contribution in [2.24, 2.45) is 0 Å². The summed E-state index contributed by atoms with van der Waals surface area (Å²) in [5.41, 5.74) is 3.77. The van der Waals surface area contributed by atoms with Gasteiger partial charge in [0.2, 0.25) is 17.7 Å². The molecular weight excluding hydrogens is 573 g/mol. The molecule has 0 saturated carbocycles. The Hall–Kier alpha value is -4.02. The highest BCUT2D eigenvalue weighted by Crippen LogP contribution is 2.39. The van der Waals surface area contributed by atoms with Crippen molar-refractivity contribution in [1.82, 2.24) is 15.5 Å². The number of hydrogen-bond acceptors (Lipinski definition) is 6. The van der Waals surface area contributed by atoms with Gasteiger partial charge in [-0.15, -0.1) is 0 Å². The highest BCUT2D eigenvalue weighted by Gasteiger charge is 2.31. The first-order valence-electron chi connectivity index (χ1n) is 14.0. The summed E-state index contributed by atoms with van der Waals surface area (Å²) in [6.07, 6.45) is 2.00. The molecule has 228 valence electrons. The van der Waals surface area contributed by atoms with E-state index in [1.807, 2.05) is 54.6 Å². The highest BCUT2D eigenvalue weighted by atomic mass is 31.2. The van der Waals surface area contributed by atoms with Gasteiger partial charge in [-0.1, -0.05) is 60.7 Å². The molecule has 0 bridgehead atoms. The number of rotatable bonds is 11. The van der Waals surface area contributed by atoms with Crippen LogP contribution < -0.4 is 15.2 Å². The number of nitrogens with zero attached hydrogens (tertiary/aromatic N) is 1. The highest BCUT2D eigenvalue weighted by molar-refractivity contribution is 7.46. The van der Waals surface area contributed by atoms with Gasteiger partial charge in [-0.3, -0.25) is 24.2 Å². The lowest BCUT2D eigenvalue weighted by molar-refractivity contribution is -0.137. The topological polar surface area (TPSA) is 166 Å². The normalized spacial score (nSPS) is 16.2. The zero-order valence-electron chi connectivity index (χ0n) is 23.8. The number of benzene rings is 3. The molecule has 0 spiro atoms. The lowest BCUT2D eigenvalue weighted by atomic mass is 10.0. The van der Waals surface area contributed by atoms with Crippen LogP contribution in [0.4, 0.5) is 0 Å². The van der Waals surface area contributed by atoms with Crippen molar-refractivity contribution in [3.8, 4) is 16.9 Å². The molecule has 0 unspecified atom stereocenters. The lowest BCUT2D eigenvalue weighted by Crippen LogP contribution is -2.54. The SMILES string of the molecule is CC(=O)N[C@@H](Cc1ccc(OP(=O)(O)O)c(CO)c1)C(=O)N[C@H]1CCCCN(Cc2ccc(-c3ccccc3)cc2)C1=O. The number of phosphoric ester groups is 1. The Morgan fingerprint density at radius 3 is 2.33 bits per heavy atom. The maximum absolute atomic E-state index is 13.5. The molecule has 3 aromatic carbocycles. The molecule has 12 heteroatoms. The fraction of sp³-hybridized carbons (Fsp3) is 0.323. The van der Waals surface area contributed by atoms with Crippen LogP contribution in [0.1, 0.15) is 42.9 Å². The van der Waals surface area contributed by atoms with Crippen molar-refractivity contribution in [3.63, 3.8) is 0 Å². The monoisotopic (exact) mass is 609 g/mol.